The molecule has 1 aromatic heterocycles. The van der Waals surface area contributed by atoms with Crippen LogP contribution in [-0.2, 0) is 5.54 Å². The maximum Gasteiger partial charge on any atom is 0.130 e. The Kier molecular flexibility index (Phi) is 2.86. The van der Waals surface area contributed by atoms with Gasteiger partial charge < -0.3 is 10.3 Å². The van der Waals surface area contributed by atoms with Gasteiger partial charge in [0.2, 0.25) is 0 Å². The predicted octanol–water partition coefficient (Wildman–Crippen LogP) is 3.87. The van der Waals surface area contributed by atoms with Crippen molar-refractivity contribution in [2.75, 3.05) is 0 Å². The molecule has 1 aromatic carbocycles. The molecule has 0 bridgehead atoms. The Morgan fingerprint density at radius 3 is 2.86 bits per heavy atom. The number of nitrogens with zero attached hydrogens (tertiary/aromatic N) is 2. The Balaban J connectivity index is 1.89. The molecule has 2 aromatic rings. The minimum atomic E-state index is -0.351. The molecule has 4 rings (SSSR count). The molecule has 0 amide bonds. The molecule has 0 saturated heterocycles. The number of hydrogen-bond acceptors (Lipinski definition) is 2. The monoisotopic (exact) mass is 287 g/mol. The highest BCUT2D eigenvalue weighted by Crippen LogP contribution is 2.44. The molecule has 0 spiro atoms. The lowest BCUT2D eigenvalue weighted by Crippen LogP contribution is -2.43. The van der Waals surface area contributed by atoms with Gasteiger partial charge in [-0.2, -0.15) is 0 Å². The average molecular weight is 287 g/mol. The first-order valence-corrected chi connectivity index (χ1v) is 8.04. The van der Waals surface area contributed by atoms with Crippen molar-refractivity contribution in [3.63, 3.8) is 0 Å². The van der Waals surface area contributed by atoms with Gasteiger partial charge in [-0.3, -0.25) is 0 Å². The Labute approximate surface area is 124 Å². The summed E-state index contributed by atoms with van der Waals surface area (Å²) in [5.41, 5.74) is 8.20. The van der Waals surface area contributed by atoms with Gasteiger partial charge in [0.15, 0.2) is 0 Å². The van der Waals surface area contributed by atoms with E-state index in [0.717, 1.165) is 49.0 Å². The van der Waals surface area contributed by atoms with E-state index in [9.17, 15) is 4.39 Å². The lowest BCUT2D eigenvalue weighted by atomic mass is 9.76. The smallest absolute Gasteiger partial charge is 0.130 e. The first-order valence-electron chi connectivity index (χ1n) is 8.04. The fourth-order valence-corrected chi connectivity index (χ4v) is 3.91. The fourth-order valence-electron chi connectivity index (χ4n) is 3.91. The summed E-state index contributed by atoms with van der Waals surface area (Å²) >= 11 is 0. The minimum Gasteiger partial charge on any atom is -0.323 e. The number of aromatic nitrogens is 2. The number of halogens is 1. The lowest BCUT2D eigenvalue weighted by molar-refractivity contribution is 0.223. The average Bonchev–Trinajstić information content (AvgIpc) is 3.19. The van der Waals surface area contributed by atoms with Gasteiger partial charge in [-0.25, -0.2) is 9.37 Å². The molecule has 0 radical (unpaired) electrons. The van der Waals surface area contributed by atoms with Gasteiger partial charge in [0.1, 0.15) is 11.6 Å². The van der Waals surface area contributed by atoms with Gasteiger partial charge in [-0.05, 0) is 49.8 Å². The largest absolute Gasteiger partial charge is 0.323 e. The van der Waals surface area contributed by atoms with Crippen LogP contribution in [0.2, 0.25) is 0 Å². The molecule has 2 atom stereocenters. The number of hydrogen-bond donors (Lipinski definition) is 1. The summed E-state index contributed by atoms with van der Waals surface area (Å²) in [7, 11) is 0. The van der Waals surface area contributed by atoms with Crippen molar-refractivity contribution >= 4 is 11.0 Å². The maximum absolute atomic E-state index is 13.6. The van der Waals surface area contributed by atoms with Crippen LogP contribution in [0.4, 0.5) is 4.39 Å². The van der Waals surface area contributed by atoms with Gasteiger partial charge in [0, 0.05) is 6.04 Å². The molecule has 2 saturated carbocycles. The first-order chi connectivity index (χ1) is 10.1. The van der Waals surface area contributed by atoms with Crippen molar-refractivity contribution in [1.82, 2.24) is 9.55 Å². The van der Waals surface area contributed by atoms with E-state index >= 15 is 0 Å². The van der Waals surface area contributed by atoms with E-state index < -0.39 is 0 Å². The van der Waals surface area contributed by atoms with Crippen LogP contribution in [0.15, 0.2) is 18.2 Å². The number of nitrogens with two attached hydrogens (primary N) is 1. The third-order valence-electron chi connectivity index (χ3n) is 5.04. The molecule has 0 aliphatic heterocycles. The van der Waals surface area contributed by atoms with E-state index in [1.165, 1.54) is 12.5 Å². The Hall–Kier alpha value is -1.42. The van der Waals surface area contributed by atoms with Crippen LogP contribution in [0.5, 0.6) is 0 Å². The van der Waals surface area contributed by atoms with Crippen LogP contribution in [0.3, 0.4) is 0 Å². The fraction of sp³-hybridized carbons (Fsp3) is 0.588. The number of fused-ring (bicyclic) bond motifs is 1. The summed E-state index contributed by atoms with van der Waals surface area (Å²) in [4.78, 5) is 4.82. The van der Waals surface area contributed by atoms with Gasteiger partial charge in [0.25, 0.3) is 0 Å². The third kappa shape index (κ3) is 2.16. The van der Waals surface area contributed by atoms with Gasteiger partial charge in [-0.1, -0.05) is 19.8 Å². The topological polar surface area (TPSA) is 43.8 Å². The molecule has 2 unspecified atom stereocenters. The van der Waals surface area contributed by atoms with Crippen LogP contribution in [0.25, 0.3) is 11.0 Å². The van der Waals surface area contributed by atoms with Crippen LogP contribution in [0.1, 0.15) is 57.3 Å². The van der Waals surface area contributed by atoms with E-state index in [2.05, 4.69) is 11.5 Å². The SMILES string of the molecule is CC1CCCC(N)(c2nc3ccc(F)cc3n2C2CC2)C1. The highest BCUT2D eigenvalue weighted by molar-refractivity contribution is 5.76. The second kappa shape index (κ2) is 4.54. The normalized spacial score (nSPS) is 30.0. The Bertz CT molecular complexity index is 689. The Morgan fingerprint density at radius 2 is 2.14 bits per heavy atom. The van der Waals surface area contributed by atoms with Gasteiger partial charge in [-0.15, -0.1) is 0 Å². The summed E-state index contributed by atoms with van der Waals surface area (Å²) in [6, 6.07) is 5.34. The molecule has 3 nitrogen and oxygen atoms in total. The van der Waals surface area contributed by atoms with Crippen molar-refractivity contribution in [2.24, 2.45) is 11.7 Å². The van der Waals surface area contributed by atoms with Crippen molar-refractivity contribution in [3.8, 4) is 0 Å². The standard InChI is InChI=1S/C17H22FN3/c1-11-3-2-8-17(19,10-11)16-20-14-7-4-12(18)9-15(14)21(16)13-5-6-13/h4,7,9,11,13H,2-3,5-6,8,10,19H2,1H3. The summed E-state index contributed by atoms with van der Waals surface area (Å²) in [6.07, 6.45) is 6.67. The van der Waals surface area contributed by atoms with Crippen LogP contribution >= 0.6 is 0 Å². The molecule has 2 N–H and O–H groups in total. The predicted molar refractivity (Wildman–Crippen MR) is 81.5 cm³/mol. The molecule has 112 valence electrons. The van der Waals surface area contributed by atoms with Crippen LogP contribution < -0.4 is 5.73 Å². The molecular formula is C17H22FN3. The summed E-state index contributed by atoms with van der Waals surface area (Å²) in [5, 5.41) is 0. The zero-order valence-electron chi connectivity index (χ0n) is 12.5. The van der Waals surface area contributed by atoms with E-state index in [-0.39, 0.29) is 11.4 Å². The molecule has 2 aliphatic rings. The van der Waals surface area contributed by atoms with Crippen molar-refractivity contribution in [1.29, 1.82) is 0 Å². The van der Waals surface area contributed by atoms with E-state index in [1.807, 2.05) is 0 Å². The maximum atomic E-state index is 13.6. The van der Waals surface area contributed by atoms with Gasteiger partial charge >= 0.3 is 0 Å². The minimum absolute atomic E-state index is 0.195. The molecule has 4 heteroatoms. The lowest BCUT2D eigenvalue weighted by Gasteiger charge is -2.36. The highest BCUT2D eigenvalue weighted by atomic mass is 19.1. The zero-order valence-corrected chi connectivity index (χ0v) is 12.5. The summed E-state index contributed by atoms with van der Waals surface area (Å²) < 4.78 is 15.9. The van der Waals surface area contributed by atoms with E-state index in [4.69, 9.17) is 10.7 Å². The number of imidazole rings is 1. The summed E-state index contributed by atoms with van der Waals surface area (Å²) in [6.45, 7) is 2.27. The number of benzene rings is 1. The molecule has 2 fully saturated rings. The van der Waals surface area contributed by atoms with Crippen molar-refractivity contribution in [2.45, 2.75) is 57.0 Å². The number of rotatable bonds is 2. The molecular weight excluding hydrogens is 265 g/mol. The van der Waals surface area contributed by atoms with Crippen LogP contribution in [0, 0.1) is 11.7 Å². The van der Waals surface area contributed by atoms with E-state index in [0.29, 0.717) is 12.0 Å². The Morgan fingerprint density at radius 1 is 1.33 bits per heavy atom. The summed E-state index contributed by atoms with van der Waals surface area (Å²) in [5.74, 6) is 1.42. The third-order valence-corrected chi connectivity index (χ3v) is 5.04. The van der Waals surface area contributed by atoms with E-state index in [1.54, 1.807) is 12.1 Å². The van der Waals surface area contributed by atoms with Crippen LogP contribution in [-0.4, -0.2) is 9.55 Å². The molecule has 1 heterocycles. The quantitative estimate of drug-likeness (QED) is 0.911. The van der Waals surface area contributed by atoms with Gasteiger partial charge in [0.05, 0.1) is 16.6 Å². The van der Waals surface area contributed by atoms with Crippen molar-refractivity contribution < 1.29 is 4.39 Å². The second-order valence-electron chi connectivity index (χ2n) is 7.03. The second-order valence-corrected chi connectivity index (χ2v) is 7.03. The zero-order chi connectivity index (χ0) is 14.6. The molecule has 21 heavy (non-hydrogen) atoms. The molecule has 2 aliphatic carbocycles. The first kappa shape index (κ1) is 13.3. The highest BCUT2D eigenvalue weighted by Gasteiger charge is 2.40. The van der Waals surface area contributed by atoms with Crippen molar-refractivity contribution in [3.05, 3.63) is 29.8 Å².